The molecule has 1 fully saturated rings. The minimum atomic E-state index is -0.348. The first-order chi connectivity index (χ1) is 67.4. The summed E-state index contributed by atoms with van der Waals surface area (Å²) in [6.45, 7) is 33.8. The van der Waals surface area contributed by atoms with E-state index in [1.807, 2.05) is 0 Å². The largest absolute Gasteiger partial charge is 0.382 e. The van der Waals surface area contributed by atoms with Crippen molar-refractivity contribution in [3.63, 3.8) is 0 Å². The third kappa shape index (κ3) is 105. The second-order valence-corrected chi connectivity index (χ2v) is 29.2. The molecule has 0 aromatic rings. The number of nitrogens with zero attached hydrogens (tertiary/aromatic N) is 1. The standard InChI is InChI=1S/C89H172N4O42S/c1-99-15-16-104-23-24-108-31-32-112-39-40-116-47-48-120-55-56-124-61-62-126-65-66-128-69-70-130-73-74-132-77-78-134-81-82-135-80-79-133-76-75-131-72-71-129-68-67-127-64-63-125-60-59-123-54-51-119-46-43-115-38-35-111-30-27-107-22-19-103-14-8-92-86(95)4-10-100-12-6-91-87(96)5-11-101-17-20-105-25-28-109-33-36-113-41-44-117-49-52-121-57-58-122-53-50-118-45-42-114-37-34-110-29-26-106-21-18-102-13-7-90-85(94)3-9-93-88(97)83-84(136-2)89(93)98/h84H,3-83H2,1-2H3,(H,90,94)(H,91,96)(H,92,95). The summed E-state index contributed by atoms with van der Waals surface area (Å²) in [5.74, 6) is -1.01. The minimum absolute atomic E-state index is 0.0653. The normalized spacial score (nSPS) is 12.9. The van der Waals surface area contributed by atoms with Gasteiger partial charge in [0, 0.05) is 59.0 Å². The molecule has 0 bridgehead atoms. The predicted molar refractivity (Wildman–Crippen MR) is 493 cm³/mol. The van der Waals surface area contributed by atoms with E-state index < -0.39 is 0 Å². The second kappa shape index (κ2) is 115. The van der Waals surface area contributed by atoms with E-state index in [4.69, 9.17) is 175 Å². The molecular weight excluding hydrogens is 1830 g/mol. The number of methoxy groups -OCH3 is 1. The lowest BCUT2D eigenvalue weighted by Gasteiger charge is -2.14. The highest BCUT2D eigenvalue weighted by atomic mass is 32.2. The Balaban J connectivity index is 1.62. The van der Waals surface area contributed by atoms with E-state index in [2.05, 4.69) is 16.0 Å². The van der Waals surface area contributed by atoms with Crippen molar-refractivity contribution in [3.05, 3.63) is 0 Å². The number of amides is 5. The first kappa shape index (κ1) is 130. The zero-order valence-corrected chi connectivity index (χ0v) is 82.7. The Labute approximate surface area is 810 Å². The highest BCUT2D eigenvalue weighted by Gasteiger charge is 2.38. The molecule has 47 heteroatoms. The maximum atomic E-state index is 12.1. The lowest BCUT2D eigenvalue weighted by atomic mass is 10.3. The average Bonchev–Trinajstić information content (AvgIpc) is 1.70. The number of likely N-dealkylation sites (tertiary alicyclic amines) is 1. The molecule has 1 atom stereocenters. The van der Waals surface area contributed by atoms with Crippen molar-refractivity contribution in [2.24, 2.45) is 0 Å². The van der Waals surface area contributed by atoms with Gasteiger partial charge in [0.2, 0.25) is 29.5 Å². The van der Waals surface area contributed by atoms with Gasteiger partial charge in [-0.05, 0) is 6.26 Å². The number of hydrogen-bond acceptors (Lipinski definition) is 43. The van der Waals surface area contributed by atoms with Gasteiger partial charge >= 0.3 is 0 Å². The Morgan fingerprint density at radius 3 is 0.493 bits per heavy atom. The monoisotopic (exact) mass is 2000 g/mol. The number of rotatable bonds is 121. The number of ether oxygens (including phenoxy) is 37. The van der Waals surface area contributed by atoms with Gasteiger partial charge in [0.1, 0.15) is 0 Å². The number of imide groups is 1. The molecule has 1 heterocycles. The van der Waals surface area contributed by atoms with Gasteiger partial charge < -0.3 is 191 Å². The summed E-state index contributed by atoms with van der Waals surface area (Å²) in [5.41, 5.74) is 0. The summed E-state index contributed by atoms with van der Waals surface area (Å²) in [7, 11) is 1.64. The third-order valence-corrected chi connectivity index (χ3v) is 18.3. The van der Waals surface area contributed by atoms with Crippen molar-refractivity contribution in [1.29, 1.82) is 0 Å². The fourth-order valence-corrected chi connectivity index (χ4v) is 11.0. The summed E-state index contributed by atoms with van der Waals surface area (Å²) in [6, 6.07) is 0. The quantitative estimate of drug-likeness (QED) is 0.0498. The fourth-order valence-electron chi connectivity index (χ4n) is 10.4. The summed E-state index contributed by atoms with van der Waals surface area (Å²) in [4.78, 5) is 61.5. The summed E-state index contributed by atoms with van der Waals surface area (Å²) < 4.78 is 203. The van der Waals surface area contributed by atoms with Gasteiger partial charge in [-0.15, -0.1) is 0 Å². The van der Waals surface area contributed by atoms with Crippen LogP contribution in [0.1, 0.15) is 25.7 Å². The van der Waals surface area contributed by atoms with Gasteiger partial charge in [-0.2, -0.15) is 11.8 Å². The molecule has 0 spiro atoms. The summed E-state index contributed by atoms with van der Waals surface area (Å²) in [6.07, 6.45) is 2.44. The number of carbonyl (C=O) groups is 5. The molecule has 136 heavy (non-hydrogen) atoms. The Hall–Kier alpha value is -3.58. The molecule has 806 valence electrons. The summed E-state index contributed by atoms with van der Waals surface area (Å²) >= 11 is 1.35. The molecule has 1 rings (SSSR count). The summed E-state index contributed by atoms with van der Waals surface area (Å²) in [5, 5.41) is 7.93. The number of nitrogens with one attached hydrogen (secondary N) is 3. The van der Waals surface area contributed by atoms with Gasteiger partial charge in [-0.3, -0.25) is 28.9 Å². The zero-order valence-electron chi connectivity index (χ0n) is 81.9. The van der Waals surface area contributed by atoms with Crippen LogP contribution in [0, 0.1) is 0 Å². The van der Waals surface area contributed by atoms with E-state index >= 15 is 0 Å². The van der Waals surface area contributed by atoms with Crippen LogP contribution in [-0.4, -0.2) is 562 Å². The highest BCUT2D eigenvalue weighted by Crippen LogP contribution is 2.23. The number of carbonyl (C=O) groups excluding carboxylic acids is 5. The third-order valence-electron chi connectivity index (χ3n) is 17.4. The SMILES string of the molecule is COCCOCCOCCOCCOCCOCCOCCOCCOCCOCCOCCOCCOCCOCCOCCOCCOCCOCCOCCOCCOCCOCCOCCOCCNC(=O)CCOCCNC(=O)CCOCCOCCOCCOCCOCCOCCOCCOCCOCCOCCOCCOCCNC(=O)CCN1C(=O)CC(SC)C1=O. The van der Waals surface area contributed by atoms with E-state index in [1.165, 1.54) is 16.7 Å². The van der Waals surface area contributed by atoms with E-state index in [0.717, 1.165) is 0 Å². The molecule has 1 unspecified atom stereocenters. The van der Waals surface area contributed by atoms with Gasteiger partial charge in [0.15, 0.2) is 0 Å². The molecule has 0 aromatic carbocycles. The molecule has 1 saturated heterocycles. The van der Waals surface area contributed by atoms with Crippen molar-refractivity contribution in [3.8, 4) is 0 Å². The fraction of sp³-hybridized carbons (Fsp3) is 0.944. The molecule has 0 aliphatic carbocycles. The topological polar surface area (TPSA) is 466 Å². The van der Waals surface area contributed by atoms with Crippen molar-refractivity contribution in [2.75, 3.05) is 522 Å². The number of thioether (sulfide) groups is 1. The van der Waals surface area contributed by atoms with Crippen LogP contribution in [0.25, 0.3) is 0 Å². The molecular formula is C89H172N4O42S. The smallest absolute Gasteiger partial charge is 0.242 e. The molecule has 5 amide bonds. The average molecular weight is 2000 g/mol. The Morgan fingerprint density at radius 2 is 0.346 bits per heavy atom. The lowest BCUT2D eigenvalue weighted by molar-refractivity contribution is -0.138. The van der Waals surface area contributed by atoms with Crippen molar-refractivity contribution >= 4 is 41.3 Å². The van der Waals surface area contributed by atoms with E-state index in [-0.39, 0.29) is 86.8 Å². The molecule has 1 aliphatic rings. The van der Waals surface area contributed by atoms with Gasteiger partial charge in [-0.25, -0.2) is 0 Å². The van der Waals surface area contributed by atoms with Crippen LogP contribution in [0.2, 0.25) is 0 Å². The van der Waals surface area contributed by atoms with E-state index in [0.29, 0.717) is 482 Å². The Kier molecular flexibility index (Phi) is 110. The van der Waals surface area contributed by atoms with Crippen LogP contribution < -0.4 is 16.0 Å². The van der Waals surface area contributed by atoms with E-state index in [9.17, 15) is 24.0 Å². The predicted octanol–water partition coefficient (Wildman–Crippen LogP) is -0.760. The maximum Gasteiger partial charge on any atom is 0.242 e. The maximum absolute atomic E-state index is 12.1. The number of hydrogen-bond donors (Lipinski definition) is 3. The molecule has 0 radical (unpaired) electrons. The van der Waals surface area contributed by atoms with Crippen molar-refractivity contribution in [2.45, 2.75) is 30.9 Å². The van der Waals surface area contributed by atoms with Gasteiger partial charge in [-0.1, -0.05) is 0 Å². The van der Waals surface area contributed by atoms with Gasteiger partial charge in [0.05, 0.1) is 488 Å². The molecule has 1 aliphatic heterocycles. The van der Waals surface area contributed by atoms with Crippen molar-refractivity contribution < 1.29 is 199 Å². The van der Waals surface area contributed by atoms with Crippen LogP contribution >= 0.6 is 11.8 Å². The van der Waals surface area contributed by atoms with Crippen LogP contribution in [-0.2, 0) is 199 Å². The lowest BCUT2D eigenvalue weighted by Crippen LogP contribution is -2.36. The van der Waals surface area contributed by atoms with E-state index in [1.54, 1.807) is 13.4 Å². The molecule has 3 N–H and O–H groups in total. The minimum Gasteiger partial charge on any atom is -0.382 e. The van der Waals surface area contributed by atoms with Crippen molar-refractivity contribution in [1.82, 2.24) is 20.9 Å². The highest BCUT2D eigenvalue weighted by molar-refractivity contribution is 8.00. The second-order valence-electron chi connectivity index (χ2n) is 28.2. The zero-order chi connectivity index (χ0) is 97.3. The molecule has 46 nitrogen and oxygen atoms in total. The Morgan fingerprint density at radius 1 is 0.213 bits per heavy atom. The van der Waals surface area contributed by atoms with Gasteiger partial charge in [0.25, 0.3) is 0 Å². The van der Waals surface area contributed by atoms with Crippen LogP contribution in [0.15, 0.2) is 0 Å². The first-order valence-corrected chi connectivity index (χ1v) is 49.1. The van der Waals surface area contributed by atoms with Crippen LogP contribution in [0.5, 0.6) is 0 Å². The Bertz CT molecular complexity index is 2440. The first-order valence-electron chi connectivity index (χ1n) is 47.8. The van der Waals surface area contributed by atoms with Crippen LogP contribution in [0.4, 0.5) is 0 Å². The van der Waals surface area contributed by atoms with Crippen LogP contribution in [0.3, 0.4) is 0 Å². The molecule has 0 saturated carbocycles. The molecule has 0 aromatic heterocycles.